The Bertz CT molecular complexity index is 553. The van der Waals surface area contributed by atoms with Crippen LogP contribution in [-0.4, -0.2) is 29.7 Å². The zero-order chi connectivity index (χ0) is 17.4. The summed E-state index contributed by atoms with van der Waals surface area (Å²) in [5.41, 5.74) is 0.336. The highest BCUT2D eigenvalue weighted by Crippen LogP contribution is 2.22. The Balaban J connectivity index is 2.79. The Morgan fingerprint density at radius 3 is 2.70 bits per heavy atom. The summed E-state index contributed by atoms with van der Waals surface area (Å²) in [4.78, 5) is 23.1. The zero-order valence-corrected chi connectivity index (χ0v) is 13.9. The average molecular weight is 346 g/mol. The van der Waals surface area contributed by atoms with Crippen molar-refractivity contribution in [1.82, 2.24) is 5.32 Å². The molecule has 0 bridgehead atoms. The van der Waals surface area contributed by atoms with Crippen LogP contribution in [0.3, 0.4) is 0 Å². The van der Waals surface area contributed by atoms with Crippen molar-refractivity contribution in [3.63, 3.8) is 0 Å². The van der Waals surface area contributed by atoms with Gasteiger partial charge in [-0.3, -0.25) is 9.59 Å². The van der Waals surface area contributed by atoms with Crippen LogP contribution in [0.15, 0.2) is 18.2 Å². The molecule has 1 rings (SSSR count). The molecule has 2 N–H and O–H groups in total. The highest BCUT2D eigenvalue weighted by Gasteiger charge is 2.22. The molecule has 5 nitrogen and oxygen atoms in total. The Hall–Kier alpha value is -1.66. The fraction of sp³-hybridized carbons (Fsp3) is 0.500. The summed E-state index contributed by atoms with van der Waals surface area (Å²) in [6, 6.07) is 3.08. The number of carboxylic acids is 1. The van der Waals surface area contributed by atoms with Crippen molar-refractivity contribution in [2.45, 2.75) is 45.3 Å². The van der Waals surface area contributed by atoms with Crippen LogP contribution in [0, 0.1) is 5.82 Å². The molecule has 7 heteroatoms. The van der Waals surface area contributed by atoms with E-state index in [1.54, 1.807) is 6.92 Å². The summed E-state index contributed by atoms with van der Waals surface area (Å²) in [6.07, 6.45) is 0.697. The second-order valence-corrected chi connectivity index (χ2v) is 5.61. The molecule has 0 aliphatic carbocycles. The van der Waals surface area contributed by atoms with Crippen molar-refractivity contribution in [3.8, 4) is 0 Å². The van der Waals surface area contributed by atoms with E-state index in [-0.39, 0.29) is 11.4 Å². The van der Waals surface area contributed by atoms with E-state index >= 15 is 0 Å². The number of hydrogen-bond acceptors (Lipinski definition) is 3. The fourth-order valence-electron chi connectivity index (χ4n) is 1.93. The molecule has 0 spiro atoms. The van der Waals surface area contributed by atoms with E-state index in [2.05, 4.69) is 5.32 Å². The SMILES string of the molecule is CCCCOC(C)C(=O)NC(CC(=O)O)c1ccc(Cl)c(F)c1. The molecule has 1 aromatic rings. The maximum Gasteiger partial charge on any atom is 0.305 e. The average Bonchev–Trinajstić information content (AvgIpc) is 2.49. The summed E-state index contributed by atoms with van der Waals surface area (Å²) in [5, 5.41) is 11.5. The van der Waals surface area contributed by atoms with Gasteiger partial charge in [0.15, 0.2) is 0 Å². The van der Waals surface area contributed by atoms with Crippen molar-refractivity contribution < 1.29 is 23.8 Å². The number of aliphatic carboxylic acids is 1. The molecule has 2 atom stereocenters. The van der Waals surface area contributed by atoms with Gasteiger partial charge in [0.25, 0.3) is 0 Å². The topological polar surface area (TPSA) is 75.6 Å². The molecule has 23 heavy (non-hydrogen) atoms. The molecular formula is C16H21ClFNO4. The van der Waals surface area contributed by atoms with Crippen molar-refractivity contribution in [3.05, 3.63) is 34.6 Å². The molecule has 0 saturated heterocycles. The Labute approximate surface area is 139 Å². The number of ether oxygens (including phenoxy) is 1. The number of nitrogens with one attached hydrogen (secondary N) is 1. The van der Waals surface area contributed by atoms with Crippen LogP contribution >= 0.6 is 11.6 Å². The number of carbonyl (C=O) groups excluding carboxylic acids is 1. The lowest BCUT2D eigenvalue weighted by Crippen LogP contribution is -2.38. The summed E-state index contributed by atoms with van der Waals surface area (Å²) in [7, 11) is 0. The minimum absolute atomic E-state index is 0.0644. The third-order valence-corrected chi connectivity index (χ3v) is 3.58. The molecule has 0 aliphatic heterocycles. The van der Waals surface area contributed by atoms with Gasteiger partial charge in [0.05, 0.1) is 17.5 Å². The number of rotatable bonds is 9. The second kappa shape index (κ2) is 9.47. The minimum Gasteiger partial charge on any atom is -0.481 e. The van der Waals surface area contributed by atoms with Crippen LogP contribution in [0.2, 0.25) is 5.02 Å². The van der Waals surface area contributed by atoms with Crippen molar-refractivity contribution in [2.24, 2.45) is 0 Å². The molecular weight excluding hydrogens is 325 g/mol. The van der Waals surface area contributed by atoms with Gasteiger partial charge in [-0.2, -0.15) is 0 Å². The maximum atomic E-state index is 13.6. The Morgan fingerprint density at radius 1 is 1.43 bits per heavy atom. The van der Waals surface area contributed by atoms with Gasteiger partial charge >= 0.3 is 5.97 Å². The summed E-state index contributed by atoms with van der Waals surface area (Å²) >= 11 is 5.62. The van der Waals surface area contributed by atoms with Crippen LogP contribution in [0.5, 0.6) is 0 Å². The normalized spacial score (nSPS) is 13.4. The van der Waals surface area contributed by atoms with E-state index in [1.807, 2.05) is 6.92 Å². The van der Waals surface area contributed by atoms with Gasteiger partial charge in [-0.15, -0.1) is 0 Å². The first-order valence-electron chi connectivity index (χ1n) is 7.43. The van der Waals surface area contributed by atoms with Crippen molar-refractivity contribution in [1.29, 1.82) is 0 Å². The Morgan fingerprint density at radius 2 is 2.13 bits per heavy atom. The lowest BCUT2D eigenvalue weighted by atomic mass is 10.0. The first kappa shape index (κ1) is 19.4. The smallest absolute Gasteiger partial charge is 0.305 e. The quantitative estimate of drug-likeness (QED) is 0.673. The Kier molecular flexibility index (Phi) is 7.98. The van der Waals surface area contributed by atoms with Gasteiger partial charge in [-0.25, -0.2) is 4.39 Å². The third kappa shape index (κ3) is 6.54. The van der Waals surface area contributed by atoms with Crippen LogP contribution in [0.25, 0.3) is 0 Å². The van der Waals surface area contributed by atoms with E-state index in [4.69, 9.17) is 21.4 Å². The lowest BCUT2D eigenvalue weighted by molar-refractivity contribution is -0.138. The molecule has 1 amide bonds. The van der Waals surface area contributed by atoms with Crippen molar-refractivity contribution in [2.75, 3.05) is 6.61 Å². The third-order valence-electron chi connectivity index (χ3n) is 3.28. The van der Waals surface area contributed by atoms with Gasteiger partial charge in [0, 0.05) is 6.61 Å². The molecule has 2 unspecified atom stereocenters. The highest BCUT2D eigenvalue weighted by molar-refractivity contribution is 6.30. The van der Waals surface area contributed by atoms with Gasteiger partial charge in [-0.1, -0.05) is 31.0 Å². The number of halogens is 2. The number of carbonyl (C=O) groups is 2. The van der Waals surface area contributed by atoms with Crippen LogP contribution in [0.4, 0.5) is 4.39 Å². The lowest BCUT2D eigenvalue weighted by Gasteiger charge is -2.20. The van der Waals surface area contributed by atoms with E-state index in [0.717, 1.165) is 18.9 Å². The predicted molar refractivity (Wildman–Crippen MR) is 84.9 cm³/mol. The molecule has 128 valence electrons. The van der Waals surface area contributed by atoms with Crippen molar-refractivity contribution >= 4 is 23.5 Å². The van der Waals surface area contributed by atoms with Gasteiger partial charge < -0.3 is 15.2 Å². The van der Waals surface area contributed by atoms with Gasteiger partial charge in [-0.05, 0) is 31.0 Å². The van der Waals surface area contributed by atoms with E-state index in [1.165, 1.54) is 12.1 Å². The first-order valence-corrected chi connectivity index (χ1v) is 7.81. The molecule has 0 saturated carbocycles. The minimum atomic E-state index is -1.11. The predicted octanol–water partition coefficient (Wildman–Crippen LogP) is 3.32. The summed E-state index contributed by atoms with van der Waals surface area (Å²) < 4.78 is 18.9. The van der Waals surface area contributed by atoms with Gasteiger partial charge in [0.1, 0.15) is 11.9 Å². The number of carboxylic acid groups (broad SMARTS) is 1. The molecule has 0 radical (unpaired) electrons. The van der Waals surface area contributed by atoms with Crippen LogP contribution < -0.4 is 5.32 Å². The fourth-order valence-corrected chi connectivity index (χ4v) is 2.04. The number of hydrogen-bond donors (Lipinski definition) is 2. The second-order valence-electron chi connectivity index (χ2n) is 5.20. The van der Waals surface area contributed by atoms with Crippen LogP contribution in [0.1, 0.15) is 44.7 Å². The molecule has 0 aromatic heterocycles. The monoisotopic (exact) mass is 345 g/mol. The van der Waals surface area contributed by atoms with Crippen LogP contribution in [-0.2, 0) is 14.3 Å². The number of unbranched alkanes of at least 4 members (excludes halogenated alkanes) is 1. The number of amides is 1. The summed E-state index contributed by atoms with van der Waals surface area (Å²) in [6.45, 7) is 4.04. The molecule has 0 heterocycles. The zero-order valence-electron chi connectivity index (χ0n) is 13.1. The summed E-state index contributed by atoms with van der Waals surface area (Å²) in [5.74, 6) is -2.21. The molecule has 0 fully saturated rings. The largest absolute Gasteiger partial charge is 0.481 e. The first-order chi connectivity index (χ1) is 10.8. The van der Waals surface area contributed by atoms with Gasteiger partial charge in [0.2, 0.25) is 5.91 Å². The molecule has 1 aromatic carbocycles. The van der Waals surface area contributed by atoms with E-state index in [0.29, 0.717) is 12.2 Å². The highest BCUT2D eigenvalue weighted by atomic mass is 35.5. The van der Waals surface area contributed by atoms with E-state index < -0.39 is 29.8 Å². The standard InChI is InChI=1S/C16H21ClFNO4/c1-3-4-7-23-10(2)16(22)19-14(9-15(20)21)11-5-6-12(17)13(18)8-11/h5-6,8,10,14H,3-4,7,9H2,1-2H3,(H,19,22)(H,20,21). The number of benzene rings is 1. The molecule has 0 aliphatic rings. The van der Waals surface area contributed by atoms with E-state index in [9.17, 15) is 14.0 Å². The maximum absolute atomic E-state index is 13.6.